The van der Waals surface area contributed by atoms with Crippen LogP contribution in [0.2, 0.25) is 0 Å². The molecule has 0 aliphatic rings. The predicted octanol–water partition coefficient (Wildman–Crippen LogP) is 5.40. The molecule has 0 bridgehead atoms. The Morgan fingerprint density at radius 1 is 1.19 bits per heavy atom. The number of hydrogen-bond donors (Lipinski definition) is 2. The van der Waals surface area contributed by atoms with Crippen molar-refractivity contribution in [1.29, 1.82) is 0 Å². The number of nitrogens with two attached hydrogens (primary N) is 1. The zero-order valence-corrected chi connectivity index (χ0v) is 18.8. The van der Waals surface area contributed by atoms with Crippen LogP contribution < -0.4 is 11.1 Å². The Labute approximate surface area is 192 Å². The number of aliphatic imine (C=N–C) groups is 1. The van der Waals surface area contributed by atoms with Crippen molar-refractivity contribution in [3.63, 3.8) is 0 Å². The minimum absolute atomic E-state index is 0.0447. The summed E-state index contributed by atoms with van der Waals surface area (Å²) < 4.78 is 0.966. The van der Waals surface area contributed by atoms with Crippen molar-refractivity contribution in [3.05, 3.63) is 78.5 Å². The van der Waals surface area contributed by atoms with Crippen molar-refractivity contribution in [1.82, 2.24) is 15.0 Å². The standard InChI is InChI=1S/C25H26N6S/c1-3-20(4-2)29-21-16-32-23-22(21)30-24(18-10-12-27-13-11-18)31-25(23)28-15-19(26)14-17-8-6-5-7-9-17/h3,5-13,16,19H,1,4,14-15,26H2,2H3,(H,28,30,31). The summed E-state index contributed by atoms with van der Waals surface area (Å²) in [7, 11) is 0. The van der Waals surface area contributed by atoms with Crippen LogP contribution in [-0.4, -0.2) is 33.3 Å². The largest absolute Gasteiger partial charge is 0.367 e. The average molecular weight is 443 g/mol. The van der Waals surface area contributed by atoms with Gasteiger partial charge in [0, 0.05) is 41.6 Å². The highest BCUT2D eigenvalue weighted by atomic mass is 32.1. The van der Waals surface area contributed by atoms with Gasteiger partial charge >= 0.3 is 0 Å². The second-order valence-electron chi connectivity index (χ2n) is 7.42. The first-order valence-electron chi connectivity index (χ1n) is 10.6. The quantitative estimate of drug-likeness (QED) is 0.339. The molecular weight excluding hydrogens is 416 g/mol. The minimum atomic E-state index is -0.0447. The van der Waals surface area contributed by atoms with Gasteiger partial charge in [-0.2, -0.15) is 0 Å². The molecule has 0 fully saturated rings. The number of pyridine rings is 1. The molecule has 162 valence electrons. The highest BCUT2D eigenvalue weighted by Crippen LogP contribution is 2.37. The number of rotatable bonds is 9. The Kier molecular flexibility index (Phi) is 6.99. The lowest BCUT2D eigenvalue weighted by Gasteiger charge is -2.14. The Balaban J connectivity index is 1.68. The van der Waals surface area contributed by atoms with E-state index in [4.69, 9.17) is 20.7 Å². The zero-order valence-electron chi connectivity index (χ0n) is 18.0. The van der Waals surface area contributed by atoms with Crippen LogP contribution in [0.3, 0.4) is 0 Å². The molecule has 0 saturated carbocycles. The lowest BCUT2D eigenvalue weighted by atomic mass is 10.1. The van der Waals surface area contributed by atoms with Gasteiger partial charge in [-0.15, -0.1) is 11.3 Å². The van der Waals surface area contributed by atoms with Crippen molar-refractivity contribution in [2.75, 3.05) is 11.9 Å². The van der Waals surface area contributed by atoms with Crippen LogP contribution in [0.4, 0.5) is 11.5 Å². The first-order chi connectivity index (χ1) is 15.7. The molecular formula is C25H26N6S. The summed E-state index contributed by atoms with van der Waals surface area (Å²) in [6.07, 6.45) is 6.87. The Hall–Kier alpha value is -3.42. The van der Waals surface area contributed by atoms with E-state index in [9.17, 15) is 0 Å². The maximum Gasteiger partial charge on any atom is 0.162 e. The number of thiophene rings is 1. The second-order valence-corrected chi connectivity index (χ2v) is 8.30. The van der Waals surface area contributed by atoms with Crippen molar-refractivity contribution < 1.29 is 0 Å². The molecule has 3 heterocycles. The van der Waals surface area contributed by atoms with Gasteiger partial charge in [0.25, 0.3) is 0 Å². The third kappa shape index (κ3) is 5.07. The molecule has 3 N–H and O–H groups in total. The van der Waals surface area contributed by atoms with Gasteiger partial charge in [-0.05, 0) is 36.6 Å². The van der Waals surface area contributed by atoms with E-state index >= 15 is 0 Å². The number of nitrogens with one attached hydrogen (secondary N) is 1. The van der Waals surface area contributed by atoms with E-state index in [0.29, 0.717) is 12.4 Å². The molecule has 4 aromatic rings. The number of benzene rings is 1. The molecule has 32 heavy (non-hydrogen) atoms. The number of fused-ring (bicyclic) bond motifs is 1. The summed E-state index contributed by atoms with van der Waals surface area (Å²) in [6, 6.07) is 14.0. The smallest absolute Gasteiger partial charge is 0.162 e. The molecule has 6 nitrogen and oxygen atoms in total. The molecule has 0 amide bonds. The molecule has 0 aliphatic heterocycles. The summed E-state index contributed by atoms with van der Waals surface area (Å²) >= 11 is 1.58. The van der Waals surface area contributed by atoms with E-state index < -0.39 is 0 Å². The van der Waals surface area contributed by atoms with Crippen LogP contribution in [0.25, 0.3) is 21.6 Å². The monoisotopic (exact) mass is 442 g/mol. The summed E-state index contributed by atoms with van der Waals surface area (Å²) in [5, 5.41) is 5.48. The Bertz CT molecular complexity index is 1220. The fraction of sp³-hybridized carbons (Fsp3) is 0.200. The fourth-order valence-electron chi connectivity index (χ4n) is 3.38. The lowest BCUT2D eigenvalue weighted by Crippen LogP contribution is -2.31. The van der Waals surface area contributed by atoms with Crippen LogP contribution >= 0.6 is 11.3 Å². The molecule has 0 spiro atoms. The summed E-state index contributed by atoms with van der Waals surface area (Å²) in [4.78, 5) is 18.5. The minimum Gasteiger partial charge on any atom is -0.367 e. The van der Waals surface area contributed by atoms with Gasteiger partial charge in [0.15, 0.2) is 5.82 Å². The maximum absolute atomic E-state index is 6.41. The molecule has 4 rings (SSSR count). The van der Waals surface area contributed by atoms with Gasteiger partial charge in [-0.1, -0.05) is 43.8 Å². The van der Waals surface area contributed by atoms with Crippen LogP contribution in [0.5, 0.6) is 0 Å². The summed E-state index contributed by atoms with van der Waals surface area (Å²) in [5.74, 6) is 1.40. The number of hydrogen-bond acceptors (Lipinski definition) is 7. The highest BCUT2D eigenvalue weighted by Gasteiger charge is 2.16. The maximum atomic E-state index is 6.41. The number of allylic oxidation sites excluding steroid dienone is 1. The zero-order chi connectivity index (χ0) is 22.3. The van der Waals surface area contributed by atoms with Crippen LogP contribution in [-0.2, 0) is 6.42 Å². The second kappa shape index (κ2) is 10.3. The topological polar surface area (TPSA) is 89.1 Å². The van der Waals surface area contributed by atoms with Crippen LogP contribution in [0, 0.1) is 0 Å². The van der Waals surface area contributed by atoms with Crippen molar-refractivity contribution >= 4 is 38.8 Å². The molecule has 1 unspecified atom stereocenters. The van der Waals surface area contributed by atoms with E-state index in [-0.39, 0.29) is 6.04 Å². The van der Waals surface area contributed by atoms with Crippen LogP contribution in [0.15, 0.2) is 77.9 Å². The molecule has 0 saturated heterocycles. The van der Waals surface area contributed by atoms with E-state index in [2.05, 4.69) is 35.9 Å². The lowest BCUT2D eigenvalue weighted by molar-refractivity contribution is 0.698. The van der Waals surface area contributed by atoms with E-state index in [1.807, 2.05) is 35.7 Å². The molecule has 0 radical (unpaired) electrons. The van der Waals surface area contributed by atoms with Crippen LogP contribution in [0.1, 0.15) is 18.9 Å². The van der Waals surface area contributed by atoms with E-state index in [1.54, 1.807) is 29.8 Å². The van der Waals surface area contributed by atoms with Gasteiger partial charge in [-0.25, -0.2) is 9.97 Å². The average Bonchev–Trinajstić information content (AvgIpc) is 3.25. The number of nitrogens with zero attached hydrogens (tertiary/aromatic N) is 4. The summed E-state index contributed by atoms with van der Waals surface area (Å²) in [6.45, 7) is 6.53. The normalized spacial score (nSPS) is 12.6. The van der Waals surface area contributed by atoms with Gasteiger partial charge < -0.3 is 11.1 Å². The van der Waals surface area contributed by atoms with E-state index in [1.165, 1.54) is 5.56 Å². The Morgan fingerprint density at radius 3 is 2.69 bits per heavy atom. The molecule has 3 aromatic heterocycles. The first kappa shape index (κ1) is 21.8. The molecule has 1 atom stereocenters. The first-order valence-corrected chi connectivity index (χ1v) is 11.5. The Morgan fingerprint density at radius 2 is 1.97 bits per heavy atom. The fourth-order valence-corrected chi connectivity index (χ4v) is 4.26. The van der Waals surface area contributed by atoms with Gasteiger partial charge in [0.1, 0.15) is 17.0 Å². The third-order valence-corrected chi connectivity index (χ3v) is 6.03. The SMILES string of the molecule is C=CC(CC)=Nc1csc2c(NCC(N)Cc3ccccc3)nc(-c3ccncc3)nc12. The summed E-state index contributed by atoms with van der Waals surface area (Å²) in [5.41, 5.74) is 11.1. The van der Waals surface area contributed by atoms with Gasteiger partial charge in [-0.3, -0.25) is 9.98 Å². The van der Waals surface area contributed by atoms with Crippen molar-refractivity contribution in [2.24, 2.45) is 10.7 Å². The molecule has 1 aromatic carbocycles. The van der Waals surface area contributed by atoms with E-state index in [0.717, 1.165) is 45.8 Å². The third-order valence-electron chi connectivity index (χ3n) is 5.07. The molecule has 7 heteroatoms. The highest BCUT2D eigenvalue weighted by molar-refractivity contribution is 7.18. The van der Waals surface area contributed by atoms with Crippen molar-refractivity contribution in [2.45, 2.75) is 25.8 Å². The van der Waals surface area contributed by atoms with Gasteiger partial charge in [0.2, 0.25) is 0 Å². The number of aromatic nitrogens is 3. The predicted molar refractivity (Wildman–Crippen MR) is 135 cm³/mol. The van der Waals surface area contributed by atoms with Crippen molar-refractivity contribution in [3.8, 4) is 11.4 Å². The molecule has 0 aliphatic carbocycles. The van der Waals surface area contributed by atoms with Gasteiger partial charge in [0.05, 0.1) is 4.70 Å². The number of anilines is 1.